The van der Waals surface area contributed by atoms with Crippen molar-refractivity contribution in [1.82, 2.24) is 0 Å². The van der Waals surface area contributed by atoms with Gasteiger partial charge in [-0.1, -0.05) is 6.07 Å². The van der Waals surface area contributed by atoms with Crippen LogP contribution in [0.3, 0.4) is 0 Å². The minimum atomic E-state index is -4.02. The van der Waals surface area contributed by atoms with Gasteiger partial charge >= 0.3 is 0 Å². The Morgan fingerprint density at radius 3 is 2.29 bits per heavy atom. The van der Waals surface area contributed by atoms with Crippen molar-refractivity contribution in [3.05, 3.63) is 42.5 Å². The maximum absolute atomic E-state index is 12.6. The third-order valence-electron chi connectivity index (χ3n) is 3.40. The molecule has 0 aliphatic carbocycles. The molecule has 12 heteroatoms. The monoisotopic (exact) mass is 449 g/mol. The summed E-state index contributed by atoms with van der Waals surface area (Å²) in [4.78, 5) is -0.144. The average Bonchev–Trinajstić information content (AvgIpc) is 2.59. The Kier molecular flexibility index (Phi) is 6.99. The number of aromatic hydroxyl groups is 1. The lowest BCUT2D eigenvalue weighted by Crippen LogP contribution is -2.21. The van der Waals surface area contributed by atoms with E-state index in [2.05, 4.69) is 14.8 Å². The lowest BCUT2D eigenvalue weighted by atomic mass is 10.3. The van der Waals surface area contributed by atoms with Crippen molar-refractivity contribution in [2.45, 2.75) is 11.0 Å². The summed E-state index contributed by atoms with van der Waals surface area (Å²) in [6.07, 6.45) is 0.111. The third kappa shape index (κ3) is 6.44. The van der Waals surface area contributed by atoms with Crippen molar-refractivity contribution < 1.29 is 27.0 Å². The molecule has 9 nitrogen and oxygen atoms in total. The van der Waals surface area contributed by atoms with E-state index in [1.807, 2.05) is 0 Å². The van der Waals surface area contributed by atoms with E-state index in [0.717, 1.165) is 6.26 Å². The predicted molar refractivity (Wildman–Crippen MR) is 109 cm³/mol. The Morgan fingerprint density at radius 1 is 1.04 bits per heavy atom. The van der Waals surface area contributed by atoms with Crippen LogP contribution >= 0.6 is 11.6 Å². The number of alkyl halides is 1. The van der Waals surface area contributed by atoms with Crippen LogP contribution in [0.5, 0.6) is 5.75 Å². The number of phenols is 1. The van der Waals surface area contributed by atoms with Crippen molar-refractivity contribution in [2.24, 2.45) is 0 Å². The number of anilines is 3. The fourth-order valence-electron chi connectivity index (χ4n) is 2.18. The topological polar surface area (TPSA) is 145 Å². The normalized spacial score (nSPS) is 13.0. The number of hydrogen-bond acceptors (Lipinski definition) is 7. The first kappa shape index (κ1) is 22.1. The van der Waals surface area contributed by atoms with Crippen LogP contribution in [0.2, 0.25) is 0 Å². The highest BCUT2D eigenvalue weighted by Gasteiger charge is 2.17. The van der Waals surface area contributed by atoms with Gasteiger partial charge in [-0.2, -0.15) is 0 Å². The van der Waals surface area contributed by atoms with Gasteiger partial charge in [0, 0.05) is 6.54 Å². The van der Waals surface area contributed by atoms with Crippen molar-refractivity contribution in [2.75, 3.05) is 33.4 Å². The molecule has 2 aromatic rings. The van der Waals surface area contributed by atoms with Gasteiger partial charge in [0.15, 0.2) is 0 Å². The zero-order valence-electron chi connectivity index (χ0n) is 14.8. The molecule has 0 spiro atoms. The smallest absolute Gasteiger partial charge is 0.261 e. The highest BCUT2D eigenvalue weighted by molar-refractivity contribution is 7.92. The molecule has 0 heterocycles. The first-order chi connectivity index (χ1) is 13.0. The Labute approximate surface area is 168 Å². The molecule has 1 atom stereocenters. The average molecular weight is 450 g/mol. The highest BCUT2D eigenvalue weighted by Crippen LogP contribution is 2.28. The van der Waals surface area contributed by atoms with Crippen LogP contribution in [-0.4, -0.2) is 51.8 Å². The van der Waals surface area contributed by atoms with Gasteiger partial charge in [0.05, 0.1) is 40.2 Å². The van der Waals surface area contributed by atoms with E-state index in [1.165, 1.54) is 42.5 Å². The molecule has 0 saturated heterocycles. The van der Waals surface area contributed by atoms with Crippen molar-refractivity contribution in [3.63, 3.8) is 0 Å². The third-order valence-corrected chi connectivity index (χ3v) is 5.74. The highest BCUT2D eigenvalue weighted by atomic mass is 35.5. The molecule has 0 radical (unpaired) electrons. The molecule has 0 aromatic heterocycles. The van der Waals surface area contributed by atoms with E-state index < -0.39 is 26.2 Å². The maximum atomic E-state index is 12.6. The largest absolute Gasteiger partial charge is 0.506 e. The van der Waals surface area contributed by atoms with E-state index in [9.17, 15) is 27.0 Å². The number of phenolic OH excluding ortho intramolecular Hbond substituents is 1. The van der Waals surface area contributed by atoms with Crippen LogP contribution in [0, 0.1) is 0 Å². The number of rotatable bonds is 9. The maximum Gasteiger partial charge on any atom is 0.261 e. The van der Waals surface area contributed by atoms with Crippen molar-refractivity contribution in [3.8, 4) is 5.75 Å². The summed E-state index contributed by atoms with van der Waals surface area (Å²) >= 11 is 5.50. The van der Waals surface area contributed by atoms with Crippen LogP contribution < -0.4 is 14.8 Å². The standard InChI is InChI=1S/C16H20ClN3O6S2/c1-27(23,24)19-11-3-2-4-12(7-11)20-28(25,26)14-5-6-16(22)15(8-14)18-10-13(21)9-17/h2-8,13,18-22H,9-10H2,1H3. The minimum absolute atomic E-state index is 0.0210. The second kappa shape index (κ2) is 8.86. The fraction of sp³-hybridized carbons (Fsp3) is 0.250. The van der Waals surface area contributed by atoms with Crippen LogP contribution in [0.1, 0.15) is 0 Å². The van der Waals surface area contributed by atoms with E-state index in [4.69, 9.17) is 11.6 Å². The molecule has 0 saturated carbocycles. The molecule has 0 amide bonds. The van der Waals surface area contributed by atoms with Gasteiger partial charge in [-0.3, -0.25) is 9.44 Å². The first-order valence-corrected chi connectivity index (χ1v) is 11.8. The molecule has 2 rings (SSSR count). The zero-order valence-corrected chi connectivity index (χ0v) is 17.1. The lowest BCUT2D eigenvalue weighted by Gasteiger charge is -2.14. The number of nitrogens with one attached hydrogen (secondary N) is 3. The molecule has 2 aromatic carbocycles. The molecular formula is C16H20ClN3O6S2. The molecule has 0 aliphatic rings. The predicted octanol–water partition coefficient (Wildman–Crippen LogP) is 1.58. The SMILES string of the molecule is CS(=O)(=O)Nc1cccc(NS(=O)(=O)c2ccc(O)c(NCC(O)CCl)c2)c1. The van der Waals surface area contributed by atoms with Gasteiger partial charge in [0.2, 0.25) is 10.0 Å². The van der Waals surface area contributed by atoms with Crippen LogP contribution in [0.15, 0.2) is 47.4 Å². The lowest BCUT2D eigenvalue weighted by molar-refractivity contribution is 0.211. The van der Waals surface area contributed by atoms with Crippen molar-refractivity contribution in [1.29, 1.82) is 0 Å². The van der Waals surface area contributed by atoms with Crippen molar-refractivity contribution >= 4 is 48.7 Å². The molecule has 0 fully saturated rings. The molecule has 0 aliphatic heterocycles. The minimum Gasteiger partial charge on any atom is -0.506 e. The second-order valence-corrected chi connectivity index (χ2v) is 9.67. The Hall–Kier alpha value is -2.21. The Bertz CT molecular complexity index is 1040. The van der Waals surface area contributed by atoms with E-state index in [-0.39, 0.29) is 40.1 Å². The van der Waals surface area contributed by atoms with Gasteiger partial charge in [-0.25, -0.2) is 16.8 Å². The number of hydrogen-bond donors (Lipinski definition) is 5. The summed E-state index contributed by atoms with van der Waals surface area (Å²) in [5.74, 6) is -0.217. The fourth-order valence-corrected chi connectivity index (χ4v) is 3.92. The molecular weight excluding hydrogens is 430 g/mol. The summed E-state index contributed by atoms with van der Waals surface area (Å²) < 4.78 is 52.5. The van der Waals surface area contributed by atoms with E-state index in [0.29, 0.717) is 0 Å². The summed E-state index contributed by atoms with van der Waals surface area (Å²) in [5, 5.41) is 22.1. The van der Waals surface area contributed by atoms with E-state index >= 15 is 0 Å². The second-order valence-electron chi connectivity index (χ2n) is 5.93. The summed E-state index contributed by atoms with van der Waals surface area (Å²) in [7, 11) is -7.53. The van der Waals surface area contributed by atoms with Gasteiger partial charge < -0.3 is 15.5 Å². The first-order valence-electron chi connectivity index (χ1n) is 7.92. The molecule has 28 heavy (non-hydrogen) atoms. The number of aliphatic hydroxyl groups excluding tert-OH is 1. The quantitative estimate of drug-likeness (QED) is 0.288. The molecule has 0 bridgehead atoms. The van der Waals surface area contributed by atoms with E-state index in [1.54, 1.807) is 0 Å². The molecule has 1 unspecified atom stereocenters. The number of aliphatic hydroxyl groups is 1. The number of sulfonamides is 2. The van der Waals surface area contributed by atoms with Crippen LogP contribution in [0.25, 0.3) is 0 Å². The summed E-state index contributed by atoms with van der Waals surface area (Å²) in [5.41, 5.74) is 0.458. The zero-order chi connectivity index (χ0) is 20.9. The molecule has 5 N–H and O–H groups in total. The summed E-state index contributed by atoms with van der Waals surface area (Å²) in [6, 6.07) is 9.37. The number of benzene rings is 2. The van der Waals surface area contributed by atoms with Gasteiger partial charge in [0.1, 0.15) is 5.75 Å². The van der Waals surface area contributed by atoms with Crippen LogP contribution in [-0.2, 0) is 20.0 Å². The van der Waals surface area contributed by atoms with Gasteiger partial charge in [-0.15, -0.1) is 11.6 Å². The Morgan fingerprint density at radius 2 is 1.68 bits per heavy atom. The number of halogens is 1. The van der Waals surface area contributed by atoms with Crippen LogP contribution in [0.4, 0.5) is 17.1 Å². The summed E-state index contributed by atoms with van der Waals surface area (Å²) in [6.45, 7) is 0.0210. The van der Waals surface area contributed by atoms with Gasteiger partial charge in [0.25, 0.3) is 10.0 Å². The Balaban J connectivity index is 2.24. The molecule has 154 valence electrons. The van der Waals surface area contributed by atoms with Gasteiger partial charge in [-0.05, 0) is 36.4 Å².